The van der Waals surface area contributed by atoms with Crippen LogP contribution in [0.1, 0.15) is 30.6 Å². The lowest BCUT2D eigenvalue weighted by atomic mass is 10.0. The van der Waals surface area contributed by atoms with Gasteiger partial charge in [0.15, 0.2) is 0 Å². The van der Waals surface area contributed by atoms with Crippen LogP contribution < -0.4 is 5.32 Å². The Bertz CT molecular complexity index is 646. The molecule has 3 rings (SSSR count). The van der Waals surface area contributed by atoms with Gasteiger partial charge in [0.05, 0.1) is 29.7 Å². The third kappa shape index (κ3) is 2.54. The lowest BCUT2D eigenvalue weighted by Gasteiger charge is -2.17. The zero-order chi connectivity index (χ0) is 13.1. The highest BCUT2D eigenvalue weighted by molar-refractivity contribution is 7.17. The van der Waals surface area contributed by atoms with Gasteiger partial charge in [0.1, 0.15) is 0 Å². The highest BCUT2D eigenvalue weighted by Crippen LogP contribution is 2.31. The molecule has 1 atom stereocenters. The van der Waals surface area contributed by atoms with Crippen LogP contribution in [0.3, 0.4) is 0 Å². The van der Waals surface area contributed by atoms with E-state index in [1.54, 1.807) is 11.3 Å². The highest BCUT2D eigenvalue weighted by atomic mass is 32.1. The number of benzene rings is 1. The standard InChI is InChI=1S/C14H15N3S2/c1-2-7-15-13(12-9-16-19-17-12)11-5-3-4-10-6-8-18-14(10)11/h3-6,8-9,13,15H,2,7H2,1H3. The minimum Gasteiger partial charge on any atom is -0.305 e. The summed E-state index contributed by atoms with van der Waals surface area (Å²) in [5.41, 5.74) is 2.31. The van der Waals surface area contributed by atoms with Crippen molar-refractivity contribution in [3.63, 3.8) is 0 Å². The van der Waals surface area contributed by atoms with Gasteiger partial charge in [-0.3, -0.25) is 0 Å². The van der Waals surface area contributed by atoms with E-state index in [2.05, 4.69) is 50.6 Å². The van der Waals surface area contributed by atoms with E-state index in [-0.39, 0.29) is 6.04 Å². The molecule has 19 heavy (non-hydrogen) atoms. The molecular weight excluding hydrogens is 274 g/mol. The van der Waals surface area contributed by atoms with Crippen LogP contribution in [0.2, 0.25) is 0 Å². The third-order valence-electron chi connectivity index (χ3n) is 3.09. The Hall–Kier alpha value is -1.30. The molecule has 1 aromatic carbocycles. The van der Waals surface area contributed by atoms with E-state index in [1.807, 2.05) is 6.20 Å². The largest absolute Gasteiger partial charge is 0.305 e. The van der Waals surface area contributed by atoms with Crippen molar-refractivity contribution in [1.29, 1.82) is 0 Å². The van der Waals surface area contributed by atoms with Gasteiger partial charge in [-0.1, -0.05) is 25.1 Å². The van der Waals surface area contributed by atoms with E-state index in [4.69, 9.17) is 0 Å². The number of fused-ring (bicyclic) bond motifs is 1. The molecule has 2 aromatic heterocycles. The van der Waals surface area contributed by atoms with Crippen LogP contribution in [0.5, 0.6) is 0 Å². The van der Waals surface area contributed by atoms with Gasteiger partial charge in [0.25, 0.3) is 0 Å². The molecule has 0 aliphatic heterocycles. The summed E-state index contributed by atoms with van der Waals surface area (Å²) in [5.74, 6) is 0. The summed E-state index contributed by atoms with van der Waals surface area (Å²) in [6.07, 6.45) is 2.97. The van der Waals surface area contributed by atoms with Crippen LogP contribution in [-0.4, -0.2) is 15.3 Å². The Balaban J connectivity index is 2.06. The van der Waals surface area contributed by atoms with E-state index in [0.717, 1.165) is 18.7 Å². The molecule has 3 aromatic rings. The van der Waals surface area contributed by atoms with Crippen LogP contribution in [-0.2, 0) is 0 Å². The SMILES string of the molecule is CCCNC(c1cnsn1)c1cccc2ccsc12. The molecule has 0 saturated heterocycles. The van der Waals surface area contributed by atoms with Crippen molar-refractivity contribution in [2.24, 2.45) is 0 Å². The quantitative estimate of drug-likeness (QED) is 0.775. The Labute approximate surface area is 120 Å². The first-order chi connectivity index (χ1) is 9.40. The monoisotopic (exact) mass is 289 g/mol. The van der Waals surface area contributed by atoms with E-state index >= 15 is 0 Å². The van der Waals surface area contributed by atoms with Crippen LogP contribution in [0.25, 0.3) is 10.1 Å². The Kier molecular flexibility index (Phi) is 3.87. The number of thiophene rings is 1. The fourth-order valence-electron chi connectivity index (χ4n) is 2.21. The molecule has 0 aliphatic rings. The van der Waals surface area contributed by atoms with E-state index in [9.17, 15) is 0 Å². The predicted octanol–water partition coefficient (Wildman–Crippen LogP) is 3.84. The maximum Gasteiger partial charge on any atom is 0.0958 e. The van der Waals surface area contributed by atoms with E-state index < -0.39 is 0 Å². The summed E-state index contributed by atoms with van der Waals surface area (Å²) >= 11 is 3.06. The van der Waals surface area contributed by atoms with Gasteiger partial charge in [0.2, 0.25) is 0 Å². The average molecular weight is 289 g/mol. The van der Waals surface area contributed by atoms with Gasteiger partial charge in [-0.05, 0) is 35.4 Å². The molecule has 3 nitrogen and oxygen atoms in total. The van der Waals surface area contributed by atoms with Gasteiger partial charge in [-0.15, -0.1) is 11.3 Å². The molecule has 0 spiro atoms. The second-order valence-corrected chi connectivity index (χ2v) is 5.88. The molecule has 0 radical (unpaired) electrons. The van der Waals surface area contributed by atoms with Crippen molar-refractivity contribution in [3.8, 4) is 0 Å². The van der Waals surface area contributed by atoms with Crippen molar-refractivity contribution in [1.82, 2.24) is 14.1 Å². The number of nitrogens with one attached hydrogen (secondary N) is 1. The molecule has 5 heteroatoms. The van der Waals surface area contributed by atoms with Crippen LogP contribution in [0.4, 0.5) is 0 Å². The highest BCUT2D eigenvalue weighted by Gasteiger charge is 2.18. The first-order valence-electron chi connectivity index (χ1n) is 6.37. The summed E-state index contributed by atoms with van der Waals surface area (Å²) < 4.78 is 9.89. The lowest BCUT2D eigenvalue weighted by molar-refractivity contribution is 0.593. The number of hydrogen-bond donors (Lipinski definition) is 1. The average Bonchev–Trinajstić information content (AvgIpc) is 3.10. The Morgan fingerprint density at radius 3 is 3.05 bits per heavy atom. The van der Waals surface area contributed by atoms with Crippen molar-refractivity contribution >= 4 is 33.2 Å². The van der Waals surface area contributed by atoms with Crippen molar-refractivity contribution in [3.05, 3.63) is 47.1 Å². The van der Waals surface area contributed by atoms with Crippen LogP contribution >= 0.6 is 23.1 Å². The van der Waals surface area contributed by atoms with Gasteiger partial charge >= 0.3 is 0 Å². The van der Waals surface area contributed by atoms with E-state index in [1.165, 1.54) is 27.4 Å². The van der Waals surface area contributed by atoms with Crippen molar-refractivity contribution < 1.29 is 0 Å². The summed E-state index contributed by atoms with van der Waals surface area (Å²) in [6, 6.07) is 8.77. The fourth-order valence-corrected chi connectivity index (χ4v) is 3.60. The minimum absolute atomic E-state index is 0.140. The zero-order valence-electron chi connectivity index (χ0n) is 10.7. The Morgan fingerprint density at radius 2 is 2.26 bits per heavy atom. The molecule has 0 bridgehead atoms. The van der Waals surface area contributed by atoms with Crippen molar-refractivity contribution in [2.75, 3.05) is 6.54 Å². The number of hydrogen-bond acceptors (Lipinski definition) is 5. The normalized spacial score (nSPS) is 12.9. The van der Waals surface area contributed by atoms with E-state index in [0.29, 0.717) is 0 Å². The molecule has 1 unspecified atom stereocenters. The summed E-state index contributed by atoms with van der Waals surface area (Å²) in [5, 5.41) is 7.02. The topological polar surface area (TPSA) is 37.8 Å². The zero-order valence-corrected chi connectivity index (χ0v) is 12.3. The van der Waals surface area contributed by atoms with Crippen LogP contribution in [0.15, 0.2) is 35.8 Å². The molecule has 0 aliphatic carbocycles. The molecule has 0 saturated carbocycles. The maximum atomic E-state index is 4.41. The first kappa shape index (κ1) is 12.7. The third-order valence-corrected chi connectivity index (χ3v) is 4.56. The van der Waals surface area contributed by atoms with Gasteiger partial charge in [-0.25, -0.2) is 0 Å². The van der Waals surface area contributed by atoms with Gasteiger partial charge < -0.3 is 5.32 Å². The minimum atomic E-state index is 0.140. The number of nitrogens with zero attached hydrogens (tertiary/aromatic N) is 2. The molecule has 2 heterocycles. The summed E-state index contributed by atoms with van der Waals surface area (Å²) in [7, 11) is 0. The fraction of sp³-hybridized carbons (Fsp3) is 0.286. The predicted molar refractivity (Wildman–Crippen MR) is 81.9 cm³/mol. The molecular formula is C14H15N3S2. The molecule has 0 amide bonds. The number of rotatable bonds is 5. The first-order valence-corrected chi connectivity index (χ1v) is 7.98. The second kappa shape index (κ2) is 5.77. The summed E-state index contributed by atoms with van der Waals surface area (Å²) in [4.78, 5) is 0. The lowest BCUT2D eigenvalue weighted by Crippen LogP contribution is -2.23. The molecule has 1 N–H and O–H groups in total. The number of aromatic nitrogens is 2. The Morgan fingerprint density at radius 1 is 1.32 bits per heavy atom. The van der Waals surface area contributed by atoms with Gasteiger partial charge in [-0.2, -0.15) is 8.75 Å². The summed E-state index contributed by atoms with van der Waals surface area (Å²) in [6.45, 7) is 3.15. The van der Waals surface area contributed by atoms with Crippen LogP contribution in [0, 0.1) is 0 Å². The second-order valence-electron chi connectivity index (χ2n) is 4.41. The smallest absolute Gasteiger partial charge is 0.0958 e. The van der Waals surface area contributed by atoms with Crippen molar-refractivity contribution in [2.45, 2.75) is 19.4 Å². The molecule has 0 fully saturated rings. The molecule has 98 valence electrons. The maximum absolute atomic E-state index is 4.41. The van der Waals surface area contributed by atoms with Gasteiger partial charge in [0, 0.05) is 4.70 Å².